The molecule has 0 bridgehead atoms. The zero-order chi connectivity index (χ0) is 90.8. The number of nitrogens with two attached hydrogens (primary N) is 1. The first kappa shape index (κ1) is 99.9. The minimum Gasteiger partial charge on any atom is -0.394 e. The summed E-state index contributed by atoms with van der Waals surface area (Å²) in [5.74, 6) is -13.9. The van der Waals surface area contributed by atoms with Gasteiger partial charge in [0.1, 0.15) is 80.6 Å². The third-order valence-corrected chi connectivity index (χ3v) is 22.2. The van der Waals surface area contributed by atoms with Crippen molar-refractivity contribution in [1.29, 1.82) is 0 Å². The summed E-state index contributed by atoms with van der Waals surface area (Å²) in [4.78, 5) is 240. The minimum atomic E-state index is -1.91. The van der Waals surface area contributed by atoms with E-state index in [0.717, 1.165) is 20.9 Å². The summed E-state index contributed by atoms with van der Waals surface area (Å²) in [6.07, 6.45) is -3.20. The molecule has 3 aliphatic rings. The highest BCUT2D eigenvalue weighted by Crippen LogP contribution is 2.30. The van der Waals surface area contributed by atoms with E-state index < -0.39 is 225 Å². The van der Waals surface area contributed by atoms with Crippen molar-refractivity contribution >= 4 is 100 Å². The molecule has 120 heavy (non-hydrogen) atoms. The molecule has 5 rings (SSSR count). The summed E-state index contributed by atoms with van der Waals surface area (Å²) in [6.45, 7) is 25.5. The monoisotopic (exact) mass is 1680 g/mol. The van der Waals surface area contributed by atoms with E-state index in [-0.39, 0.29) is 70.6 Å². The summed E-state index contributed by atoms with van der Waals surface area (Å²) in [5.41, 5.74) is -6.95. The van der Waals surface area contributed by atoms with Crippen LogP contribution in [0.5, 0.6) is 0 Å². The van der Waals surface area contributed by atoms with Gasteiger partial charge in [0.25, 0.3) is 0 Å². The number of carbonyl (C=O) groups excluding carboxylic acids is 17. The van der Waals surface area contributed by atoms with Gasteiger partial charge < -0.3 is 105 Å². The van der Waals surface area contributed by atoms with Crippen molar-refractivity contribution in [3.8, 4) is 0 Å². The highest BCUT2D eigenvalue weighted by atomic mass is 16.3. The number of carbonyl (C=O) groups is 17. The van der Waals surface area contributed by atoms with Crippen LogP contribution < -0.4 is 74.9 Å². The van der Waals surface area contributed by atoms with E-state index in [1.165, 1.54) is 102 Å². The SMILES string of the molecule is CC[C@@](C)(NC(=O)[C@H](CC(C)C)NC(=O)CNC(=O)[C@@](C)(CC)NC(=O)C(C)(C)NC(=O)C(C)(C)NC(=O)C(C)(C)NC(=O)[C@H](Cc1ccccc1)NC(C)=O)C(=O)NC(C)(C)C(=O)N1C[C@H](O)C[C@H]1C(=O)N[C@@H](CCC(N)=O)C(=O)N[C@](C)(CC)C(=O)N1C[C@H](O)C[C@H]1C(=O)NC(C)(C)C(=O)N1CCC[C@H]1C(=O)N[C@@H](CO)Cc1ccccc1. The zero-order valence-electron chi connectivity index (χ0n) is 72.8. The van der Waals surface area contributed by atoms with Gasteiger partial charge in [0.15, 0.2) is 0 Å². The quantitative estimate of drug-likeness (QED) is 0.0346. The third kappa shape index (κ3) is 26.9. The minimum absolute atomic E-state index is 0.0120. The second kappa shape index (κ2) is 41.5. The van der Waals surface area contributed by atoms with Crippen molar-refractivity contribution in [2.24, 2.45) is 11.7 Å². The Morgan fingerprint density at radius 2 is 0.892 bits per heavy atom. The first-order chi connectivity index (χ1) is 55.5. The normalized spacial score (nSPS) is 19.5. The Kier molecular flexibility index (Phi) is 34.6. The number of rotatable bonds is 41. The van der Waals surface area contributed by atoms with Crippen molar-refractivity contribution in [3.05, 3.63) is 71.8 Å². The lowest BCUT2D eigenvalue weighted by atomic mass is 9.93. The molecular formula is C83H129N17O20. The molecule has 2 aromatic rings. The second-order valence-corrected chi connectivity index (χ2v) is 35.4. The van der Waals surface area contributed by atoms with Crippen LogP contribution in [0.25, 0.3) is 0 Å². The molecule has 3 heterocycles. The molecule has 3 aliphatic heterocycles. The Hall–Kier alpha value is -10.7. The number of hydrogen-bond acceptors (Lipinski definition) is 20. The Morgan fingerprint density at radius 1 is 0.458 bits per heavy atom. The van der Waals surface area contributed by atoms with Crippen LogP contribution in [0.3, 0.4) is 0 Å². The first-order valence-electron chi connectivity index (χ1n) is 40.9. The fraction of sp³-hybridized carbons (Fsp3) is 0.651. The summed E-state index contributed by atoms with van der Waals surface area (Å²) < 4.78 is 0. The number of aliphatic hydroxyl groups is 3. The topological polar surface area (TPSA) is 543 Å². The van der Waals surface area contributed by atoms with Crippen LogP contribution in [0.1, 0.15) is 207 Å². The van der Waals surface area contributed by atoms with E-state index in [1.54, 1.807) is 65.0 Å². The molecule has 12 atom stereocenters. The summed E-state index contributed by atoms with van der Waals surface area (Å²) in [7, 11) is 0. The van der Waals surface area contributed by atoms with Gasteiger partial charge in [-0.1, -0.05) is 95.3 Å². The highest BCUT2D eigenvalue weighted by Gasteiger charge is 2.52. The molecule has 3 saturated heterocycles. The zero-order valence-corrected chi connectivity index (χ0v) is 72.8. The molecule has 0 saturated carbocycles. The van der Waals surface area contributed by atoms with Gasteiger partial charge in [0.2, 0.25) is 100 Å². The Labute approximate surface area is 701 Å². The molecule has 0 unspecified atom stereocenters. The fourth-order valence-electron chi connectivity index (χ4n) is 14.1. The fourth-order valence-corrected chi connectivity index (χ4v) is 14.1. The van der Waals surface area contributed by atoms with Gasteiger partial charge in [-0.15, -0.1) is 0 Å². The Balaban J connectivity index is 1.20. The van der Waals surface area contributed by atoms with Crippen LogP contribution in [0, 0.1) is 5.92 Å². The van der Waals surface area contributed by atoms with Crippen LogP contribution in [0.2, 0.25) is 0 Å². The lowest BCUT2D eigenvalue weighted by molar-refractivity contribution is -0.149. The number of β-amino-alcohol motifs (C(OH)–C–C–N with tert-alkyl or cyclic N) is 2. The molecule has 18 N–H and O–H groups in total. The van der Waals surface area contributed by atoms with Gasteiger partial charge in [-0.05, 0) is 158 Å². The third-order valence-electron chi connectivity index (χ3n) is 22.2. The van der Waals surface area contributed by atoms with Gasteiger partial charge in [0.05, 0.1) is 31.4 Å². The molecule has 17 amide bonds. The van der Waals surface area contributed by atoms with Crippen LogP contribution in [0.4, 0.5) is 0 Å². The lowest BCUT2D eigenvalue weighted by Crippen LogP contribution is -2.68. The number of nitrogens with zero attached hydrogens (tertiary/aromatic N) is 3. The number of benzene rings is 2. The maximum atomic E-state index is 14.8. The average molecular weight is 1690 g/mol. The summed E-state index contributed by atoms with van der Waals surface area (Å²) in [6, 6.07) is 9.58. The lowest BCUT2D eigenvalue weighted by Gasteiger charge is -2.38. The number of likely N-dealkylation sites (tertiary alicyclic amines) is 3. The van der Waals surface area contributed by atoms with Gasteiger partial charge >= 0.3 is 0 Å². The van der Waals surface area contributed by atoms with Gasteiger partial charge in [0, 0.05) is 52.2 Å². The van der Waals surface area contributed by atoms with E-state index in [2.05, 4.69) is 69.1 Å². The summed E-state index contributed by atoms with van der Waals surface area (Å²) >= 11 is 0. The van der Waals surface area contributed by atoms with E-state index in [9.17, 15) is 96.8 Å². The van der Waals surface area contributed by atoms with Crippen LogP contribution in [0.15, 0.2) is 60.7 Å². The second-order valence-electron chi connectivity index (χ2n) is 35.4. The first-order valence-corrected chi connectivity index (χ1v) is 40.9. The van der Waals surface area contributed by atoms with Crippen molar-refractivity contribution in [3.63, 3.8) is 0 Å². The summed E-state index contributed by atoms with van der Waals surface area (Å²) in [5, 5.41) is 66.5. The number of aliphatic hydroxyl groups excluding tert-OH is 3. The van der Waals surface area contributed by atoms with Gasteiger partial charge in [-0.25, -0.2) is 0 Å². The molecular weight excluding hydrogens is 1560 g/mol. The Morgan fingerprint density at radius 3 is 1.39 bits per heavy atom. The number of hydrogen-bond donors (Lipinski definition) is 17. The molecule has 666 valence electrons. The van der Waals surface area contributed by atoms with Crippen LogP contribution >= 0.6 is 0 Å². The molecule has 0 radical (unpaired) electrons. The molecule has 2 aromatic carbocycles. The predicted molar refractivity (Wildman–Crippen MR) is 440 cm³/mol. The molecule has 0 spiro atoms. The van der Waals surface area contributed by atoms with Crippen LogP contribution in [-0.4, -0.2) is 262 Å². The van der Waals surface area contributed by atoms with E-state index in [4.69, 9.17) is 5.73 Å². The standard InChI is InChI=1S/C83H129N17O20/c1-20-81(17,97-70(115)78(11,12)95-69(114)77(9,10)94-68(113)76(7,8)90-63(108)56(86-48(6)102)40-50-32-27-24-28-33-50)71(116)85-43-61(106)88-55(38-47(4)5)64(109)92-82(18,21-2)72(117)96-80(15,16)74(119)99-44-52(103)41-58(99)66(111)89-54(35-36-60(84)105)62(107)93-83(19,22-3)75(120)100-45-53(104)42-59(100)67(112)91-79(13,14)73(118)98-37-29-34-57(98)65(110)87-51(46-101)39-49-30-25-23-26-31-49/h23-28,30-33,47,51-59,101,103-104H,20-22,29,34-46H2,1-19H3,(H2,84,105)(H,85,116)(H,86,102)(H,87,110)(H,88,106)(H,89,111)(H,90,108)(H,91,112)(H,92,109)(H,93,107)(H,94,113)(H,95,114)(H,96,117)(H,97,115)/t51-,52-,53-,54+,55+,56+,57+,58+,59+,81-,82-,83-/m1/s1. The molecule has 37 heteroatoms. The Bertz CT molecular complexity index is 4100. The van der Waals surface area contributed by atoms with Gasteiger partial charge in [-0.3, -0.25) is 81.5 Å². The predicted octanol–water partition coefficient (Wildman–Crippen LogP) is -1.91. The smallest absolute Gasteiger partial charge is 0.248 e. The van der Waals surface area contributed by atoms with E-state index in [1.807, 2.05) is 30.3 Å². The van der Waals surface area contributed by atoms with Crippen molar-refractivity contribution in [1.82, 2.24) is 83.8 Å². The number of primary amides is 1. The van der Waals surface area contributed by atoms with E-state index >= 15 is 0 Å². The molecule has 0 aliphatic carbocycles. The molecule has 0 aromatic heterocycles. The maximum absolute atomic E-state index is 14.8. The average Bonchev–Trinajstić information content (AvgIpc) is 1.62. The van der Waals surface area contributed by atoms with Crippen molar-refractivity contribution < 1.29 is 96.8 Å². The largest absolute Gasteiger partial charge is 0.394 e. The van der Waals surface area contributed by atoms with Crippen molar-refractivity contribution in [2.75, 3.05) is 32.8 Å². The van der Waals surface area contributed by atoms with Gasteiger partial charge in [-0.2, -0.15) is 0 Å². The molecule has 37 nitrogen and oxygen atoms in total. The number of nitrogens with one attached hydrogen (secondary N) is 13. The number of amides is 17. The highest BCUT2D eigenvalue weighted by molar-refractivity contribution is 6.04. The van der Waals surface area contributed by atoms with Crippen LogP contribution in [-0.2, 0) is 94.3 Å². The molecule has 3 fully saturated rings. The maximum Gasteiger partial charge on any atom is 0.248 e. The van der Waals surface area contributed by atoms with Crippen molar-refractivity contribution in [2.45, 2.75) is 307 Å². The van der Waals surface area contributed by atoms with E-state index in [0.29, 0.717) is 19.3 Å².